The van der Waals surface area contributed by atoms with E-state index in [4.69, 9.17) is 0 Å². The highest BCUT2D eigenvalue weighted by Gasteiger charge is 2.48. The van der Waals surface area contributed by atoms with Crippen molar-refractivity contribution in [3.63, 3.8) is 0 Å². The van der Waals surface area contributed by atoms with Gasteiger partial charge in [-0.25, -0.2) is 4.79 Å². The minimum absolute atomic E-state index is 0.0312. The summed E-state index contributed by atoms with van der Waals surface area (Å²) in [6.07, 6.45) is 2.88. The molecule has 0 bridgehead atoms. The predicted molar refractivity (Wildman–Crippen MR) is 71.8 cm³/mol. The quantitative estimate of drug-likeness (QED) is 0.818. The van der Waals surface area contributed by atoms with E-state index in [1.165, 1.54) is 12.8 Å². The van der Waals surface area contributed by atoms with Crippen LogP contribution < -0.4 is 5.32 Å². The number of carbonyl (C=O) groups is 2. The highest BCUT2D eigenvalue weighted by molar-refractivity contribution is 5.80. The zero-order chi connectivity index (χ0) is 14.3. The predicted octanol–water partition coefficient (Wildman–Crippen LogP) is 1.93. The van der Waals surface area contributed by atoms with E-state index in [0.29, 0.717) is 26.1 Å². The van der Waals surface area contributed by atoms with Crippen LogP contribution in [0.25, 0.3) is 0 Å². The first kappa shape index (κ1) is 14.2. The summed E-state index contributed by atoms with van der Waals surface area (Å²) < 4.78 is 0. The number of carboxylic acid groups (broad SMARTS) is 1. The number of hydrogen-bond acceptors (Lipinski definition) is 2. The van der Waals surface area contributed by atoms with Gasteiger partial charge in [0.2, 0.25) is 0 Å². The fourth-order valence-corrected chi connectivity index (χ4v) is 2.69. The van der Waals surface area contributed by atoms with Crippen LogP contribution in [0.5, 0.6) is 0 Å². The Balaban J connectivity index is 1.93. The second kappa shape index (κ2) is 4.69. The Morgan fingerprint density at radius 3 is 2.37 bits per heavy atom. The number of aliphatic carboxylic acids is 1. The first-order chi connectivity index (χ1) is 8.79. The molecule has 1 unspecified atom stereocenters. The third-order valence-corrected chi connectivity index (χ3v) is 4.89. The number of urea groups is 1. The summed E-state index contributed by atoms with van der Waals surface area (Å²) in [6.45, 7) is 7.55. The van der Waals surface area contributed by atoms with Crippen molar-refractivity contribution in [2.45, 2.75) is 40.0 Å². The van der Waals surface area contributed by atoms with Crippen molar-refractivity contribution in [3.8, 4) is 0 Å². The highest BCUT2D eigenvalue weighted by atomic mass is 16.4. The summed E-state index contributed by atoms with van der Waals surface area (Å²) in [7, 11) is 0. The lowest BCUT2D eigenvalue weighted by Crippen LogP contribution is -2.44. The van der Waals surface area contributed by atoms with Crippen molar-refractivity contribution in [1.29, 1.82) is 0 Å². The molecule has 0 radical (unpaired) electrons. The van der Waals surface area contributed by atoms with Crippen molar-refractivity contribution in [3.05, 3.63) is 0 Å². The average Bonchev–Trinajstić information content (AvgIpc) is 2.91. The lowest BCUT2D eigenvalue weighted by Gasteiger charge is -2.28. The van der Waals surface area contributed by atoms with Gasteiger partial charge in [0.15, 0.2) is 0 Å². The topological polar surface area (TPSA) is 69.6 Å². The van der Waals surface area contributed by atoms with Crippen LogP contribution in [0, 0.1) is 16.7 Å². The van der Waals surface area contributed by atoms with E-state index < -0.39 is 11.4 Å². The number of carbonyl (C=O) groups excluding carboxylic acids is 1. The summed E-state index contributed by atoms with van der Waals surface area (Å²) >= 11 is 0. The van der Waals surface area contributed by atoms with E-state index in [2.05, 4.69) is 12.2 Å². The summed E-state index contributed by atoms with van der Waals surface area (Å²) in [5.41, 5.74) is -0.502. The second-order valence-corrected chi connectivity index (χ2v) is 6.76. The monoisotopic (exact) mass is 268 g/mol. The largest absolute Gasteiger partial charge is 0.481 e. The van der Waals surface area contributed by atoms with Gasteiger partial charge in [0.25, 0.3) is 0 Å². The maximum Gasteiger partial charge on any atom is 0.317 e. The van der Waals surface area contributed by atoms with Crippen molar-refractivity contribution in [1.82, 2.24) is 10.2 Å². The Hall–Kier alpha value is -1.26. The number of rotatable bonds is 4. The van der Waals surface area contributed by atoms with Gasteiger partial charge in [0.05, 0.1) is 5.41 Å². The van der Waals surface area contributed by atoms with Crippen LogP contribution in [0.3, 0.4) is 0 Å². The lowest BCUT2D eigenvalue weighted by molar-refractivity contribution is -0.150. The number of nitrogens with zero attached hydrogens (tertiary/aromatic N) is 1. The Bertz CT molecular complexity index is 390. The molecule has 2 N–H and O–H groups in total. The molecular formula is C14H24N2O3. The van der Waals surface area contributed by atoms with E-state index >= 15 is 0 Å². The first-order valence-electron chi connectivity index (χ1n) is 7.05. The van der Waals surface area contributed by atoms with Gasteiger partial charge in [-0.3, -0.25) is 4.79 Å². The zero-order valence-corrected chi connectivity index (χ0v) is 12.0. The molecule has 5 heteroatoms. The summed E-state index contributed by atoms with van der Waals surface area (Å²) in [5.74, 6) is -0.754. The molecule has 2 amide bonds. The lowest BCUT2D eigenvalue weighted by atomic mass is 9.76. The first-order valence-corrected chi connectivity index (χ1v) is 7.05. The smallest absolute Gasteiger partial charge is 0.317 e. The number of amides is 2. The molecule has 2 aliphatic rings. The molecule has 1 aliphatic heterocycles. The molecule has 1 heterocycles. The molecule has 19 heavy (non-hydrogen) atoms. The normalized spacial score (nSPS) is 28.5. The van der Waals surface area contributed by atoms with E-state index in [1.54, 1.807) is 4.90 Å². The van der Waals surface area contributed by atoms with E-state index in [-0.39, 0.29) is 17.4 Å². The number of likely N-dealkylation sites (tertiary alicyclic amines) is 1. The van der Waals surface area contributed by atoms with Gasteiger partial charge in [0.1, 0.15) is 0 Å². The highest BCUT2D eigenvalue weighted by Crippen LogP contribution is 2.44. The van der Waals surface area contributed by atoms with E-state index in [1.807, 2.05) is 13.8 Å². The maximum absolute atomic E-state index is 12.1. The van der Waals surface area contributed by atoms with Crippen molar-refractivity contribution >= 4 is 12.0 Å². The van der Waals surface area contributed by atoms with Crippen LogP contribution in [0.15, 0.2) is 0 Å². The molecule has 1 saturated heterocycles. The summed E-state index contributed by atoms with van der Waals surface area (Å²) in [4.78, 5) is 25.2. The van der Waals surface area contributed by atoms with Crippen LogP contribution in [-0.2, 0) is 4.79 Å². The Morgan fingerprint density at radius 2 is 1.95 bits per heavy atom. The molecule has 0 spiro atoms. The third-order valence-electron chi connectivity index (χ3n) is 4.89. The van der Waals surface area contributed by atoms with Crippen molar-refractivity contribution < 1.29 is 14.7 Å². The van der Waals surface area contributed by atoms with Gasteiger partial charge in [-0.15, -0.1) is 0 Å². The number of nitrogens with one attached hydrogen (secondary N) is 1. The molecule has 0 aromatic carbocycles. The van der Waals surface area contributed by atoms with Crippen LogP contribution in [-0.4, -0.2) is 41.6 Å². The standard InChI is InChI=1S/C14H24N2O3/c1-10(2)14(11(17)18)6-7-16(9-14)12(19)15-8-13(3)4-5-13/h10H,4-9H2,1-3H3,(H,15,19)(H,17,18). The minimum Gasteiger partial charge on any atom is -0.481 e. The molecule has 5 nitrogen and oxygen atoms in total. The fourth-order valence-electron chi connectivity index (χ4n) is 2.69. The molecule has 2 fully saturated rings. The number of carboxylic acids is 1. The van der Waals surface area contributed by atoms with E-state index in [0.717, 1.165) is 0 Å². The average molecular weight is 268 g/mol. The molecule has 1 aliphatic carbocycles. The van der Waals surface area contributed by atoms with Crippen LogP contribution in [0.2, 0.25) is 0 Å². The maximum atomic E-state index is 12.1. The Kier molecular flexibility index (Phi) is 3.49. The number of hydrogen-bond donors (Lipinski definition) is 2. The van der Waals surface area contributed by atoms with Crippen LogP contribution in [0.1, 0.15) is 40.0 Å². The SMILES string of the molecule is CC(C)C1(C(=O)O)CCN(C(=O)NCC2(C)CC2)C1. The van der Waals surface area contributed by atoms with Crippen LogP contribution >= 0.6 is 0 Å². The molecule has 2 rings (SSSR count). The summed E-state index contributed by atoms with van der Waals surface area (Å²) in [6, 6.07) is -0.114. The molecule has 0 aromatic rings. The van der Waals surface area contributed by atoms with Gasteiger partial charge < -0.3 is 15.3 Å². The Morgan fingerprint density at radius 1 is 1.32 bits per heavy atom. The van der Waals surface area contributed by atoms with Gasteiger partial charge in [-0.2, -0.15) is 0 Å². The molecule has 108 valence electrons. The molecule has 1 atom stereocenters. The van der Waals surface area contributed by atoms with E-state index in [9.17, 15) is 14.7 Å². The van der Waals surface area contributed by atoms with Gasteiger partial charge in [-0.1, -0.05) is 20.8 Å². The molecule has 0 aromatic heterocycles. The Labute approximate surface area is 114 Å². The third kappa shape index (κ3) is 2.69. The van der Waals surface area contributed by atoms with Crippen molar-refractivity contribution in [2.24, 2.45) is 16.7 Å². The summed E-state index contributed by atoms with van der Waals surface area (Å²) in [5, 5.41) is 12.4. The van der Waals surface area contributed by atoms with Crippen LogP contribution in [0.4, 0.5) is 4.79 Å². The van der Waals surface area contributed by atoms with Gasteiger partial charge in [0, 0.05) is 19.6 Å². The minimum atomic E-state index is -0.785. The van der Waals surface area contributed by atoms with Crippen molar-refractivity contribution in [2.75, 3.05) is 19.6 Å². The fraction of sp³-hybridized carbons (Fsp3) is 0.857. The molecule has 1 saturated carbocycles. The van der Waals surface area contributed by atoms with Gasteiger partial charge >= 0.3 is 12.0 Å². The zero-order valence-electron chi connectivity index (χ0n) is 12.0. The molecular weight excluding hydrogens is 244 g/mol. The van der Waals surface area contributed by atoms with Gasteiger partial charge in [-0.05, 0) is 30.6 Å². The second-order valence-electron chi connectivity index (χ2n) is 6.76.